The van der Waals surface area contributed by atoms with Gasteiger partial charge in [0, 0.05) is 11.6 Å². The molecule has 0 aliphatic rings. The zero-order chi connectivity index (χ0) is 21.0. The van der Waals surface area contributed by atoms with Gasteiger partial charge in [0.25, 0.3) is 5.91 Å². The molecule has 8 heteroatoms. The fourth-order valence-corrected chi connectivity index (χ4v) is 4.05. The van der Waals surface area contributed by atoms with Gasteiger partial charge in [-0.3, -0.25) is 9.69 Å². The van der Waals surface area contributed by atoms with E-state index in [0.717, 1.165) is 28.7 Å². The monoisotopic (exact) mass is 435 g/mol. The number of carbonyl (C=O) groups is 1. The van der Waals surface area contributed by atoms with Crippen LogP contribution in [0.25, 0.3) is 10.2 Å². The largest absolute Gasteiger partial charge is 0.484 e. The summed E-state index contributed by atoms with van der Waals surface area (Å²) < 4.78 is 19.6. The molecular formula is C21H23ClFN3O2S. The van der Waals surface area contributed by atoms with E-state index in [1.165, 1.54) is 35.6 Å². The summed E-state index contributed by atoms with van der Waals surface area (Å²) in [6.45, 7) is 3.14. The normalized spacial score (nSPS) is 11.2. The van der Waals surface area contributed by atoms with Gasteiger partial charge >= 0.3 is 0 Å². The van der Waals surface area contributed by atoms with Gasteiger partial charge in [-0.25, -0.2) is 9.37 Å². The molecular weight excluding hydrogens is 413 g/mol. The van der Waals surface area contributed by atoms with Crippen molar-refractivity contribution in [3.63, 3.8) is 0 Å². The second-order valence-electron chi connectivity index (χ2n) is 6.96. The fraction of sp³-hybridized carbons (Fsp3) is 0.333. The molecule has 1 heterocycles. The van der Waals surface area contributed by atoms with Gasteiger partial charge in [0.2, 0.25) is 0 Å². The highest BCUT2D eigenvalue weighted by Gasteiger charge is 2.21. The molecule has 0 bridgehead atoms. The topological polar surface area (TPSA) is 45.7 Å². The average molecular weight is 436 g/mol. The molecule has 0 unspecified atom stereocenters. The van der Waals surface area contributed by atoms with Crippen molar-refractivity contribution in [2.45, 2.75) is 13.3 Å². The van der Waals surface area contributed by atoms with Gasteiger partial charge in [-0.2, -0.15) is 0 Å². The first kappa shape index (κ1) is 21.5. The van der Waals surface area contributed by atoms with E-state index in [1.54, 1.807) is 4.90 Å². The number of hydrogen-bond acceptors (Lipinski definition) is 5. The maximum Gasteiger partial charge on any atom is 0.266 e. The maximum atomic E-state index is 13.1. The summed E-state index contributed by atoms with van der Waals surface area (Å²) in [4.78, 5) is 21.3. The Kier molecular flexibility index (Phi) is 7.05. The van der Waals surface area contributed by atoms with E-state index in [1.807, 2.05) is 33.2 Å². The molecule has 2 aromatic carbocycles. The molecule has 0 aliphatic carbocycles. The van der Waals surface area contributed by atoms with Crippen molar-refractivity contribution in [1.82, 2.24) is 9.88 Å². The number of benzene rings is 2. The van der Waals surface area contributed by atoms with Gasteiger partial charge in [-0.05, 0) is 75.9 Å². The number of carbonyl (C=O) groups excluding carboxylic acids is 1. The highest BCUT2D eigenvalue weighted by atomic mass is 35.5. The molecule has 3 rings (SSSR count). The van der Waals surface area contributed by atoms with Gasteiger partial charge in [0.05, 0.1) is 10.2 Å². The van der Waals surface area contributed by atoms with Crippen LogP contribution >= 0.6 is 22.9 Å². The second-order valence-corrected chi connectivity index (χ2v) is 8.38. The summed E-state index contributed by atoms with van der Waals surface area (Å²) in [6, 6.07) is 9.37. The van der Waals surface area contributed by atoms with Crippen molar-refractivity contribution in [1.29, 1.82) is 0 Å². The molecule has 0 atom stereocenters. The molecule has 1 amide bonds. The third-order valence-corrected chi connectivity index (χ3v) is 5.88. The van der Waals surface area contributed by atoms with E-state index >= 15 is 0 Å². The van der Waals surface area contributed by atoms with Crippen molar-refractivity contribution < 1.29 is 13.9 Å². The molecule has 3 aromatic rings. The molecule has 29 heavy (non-hydrogen) atoms. The van der Waals surface area contributed by atoms with Crippen LogP contribution in [-0.4, -0.2) is 49.6 Å². The molecule has 0 fully saturated rings. The highest BCUT2D eigenvalue weighted by molar-refractivity contribution is 7.22. The summed E-state index contributed by atoms with van der Waals surface area (Å²) in [5, 5.41) is 1.27. The first-order valence-corrected chi connectivity index (χ1v) is 10.4. The van der Waals surface area contributed by atoms with E-state index in [0.29, 0.717) is 22.4 Å². The molecule has 0 aliphatic heterocycles. The Bertz CT molecular complexity index is 992. The first-order chi connectivity index (χ1) is 13.8. The minimum atomic E-state index is -0.350. The summed E-state index contributed by atoms with van der Waals surface area (Å²) in [5.41, 5.74) is 1.71. The predicted molar refractivity (Wildman–Crippen MR) is 117 cm³/mol. The molecule has 0 N–H and O–H groups in total. The third kappa shape index (κ3) is 5.44. The van der Waals surface area contributed by atoms with Gasteiger partial charge < -0.3 is 9.64 Å². The number of fused-ring (bicyclic) bond motifs is 1. The average Bonchev–Trinajstić information content (AvgIpc) is 3.12. The quantitative estimate of drug-likeness (QED) is 0.511. The lowest BCUT2D eigenvalue weighted by molar-refractivity contribution is -0.120. The van der Waals surface area contributed by atoms with Gasteiger partial charge in [-0.15, -0.1) is 0 Å². The Balaban J connectivity index is 1.80. The summed E-state index contributed by atoms with van der Waals surface area (Å²) in [7, 11) is 3.99. The predicted octanol–water partition coefficient (Wildman–Crippen LogP) is 4.76. The Hall–Kier alpha value is -2.22. The van der Waals surface area contributed by atoms with Crippen molar-refractivity contribution in [3.05, 3.63) is 52.8 Å². The summed E-state index contributed by atoms with van der Waals surface area (Å²) in [5.74, 6) is -0.103. The molecule has 0 radical (unpaired) electrons. The fourth-order valence-electron chi connectivity index (χ4n) is 2.83. The lowest BCUT2D eigenvalue weighted by Gasteiger charge is -2.21. The summed E-state index contributed by atoms with van der Waals surface area (Å²) in [6.07, 6.45) is 0.797. The van der Waals surface area contributed by atoms with Crippen molar-refractivity contribution >= 4 is 44.2 Å². The number of hydrogen-bond donors (Lipinski definition) is 0. The number of rotatable bonds is 8. The Morgan fingerprint density at radius 2 is 1.90 bits per heavy atom. The van der Waals surface area contributed by atoms with Gasteiger partial charge in [-0.1, -0.05) is 22.9 Å². The van der Waals surface area contributed by atoms with Crippen LogP contribution in [0.3, 0.4) is 0 Å². The SMILES string of the molecule is Cc1c(Cl)ccc2sc(N(CCCN(C)C)C(=O)COc3ccc(F)cc3)nc12. The Morgan fingerprint density at radius 1 is 1.17 bits per heavy atom. The molecule has 5 nitrogen and oxygen atoms in total. The van der Waals surface area contributed by atoms with E-state index in [4.69, 9.17) is 16.3 Å². The van der Waals surface area contributed by atoms with Crippen molar-refractivity contribution in [3.8, 4) is 5.75 Å². The van der Waals surface area contributed by atoms with Crippen molar-refractivity contribution in [2.75, 3.05) is 38.7 Å². The number of aromatic nitrogens is 1. The van der Waals surface area contributed by atoms with Crippen LogP contribution in [0.1, 0.15) is 12.0 Å². The third-order valence-electron chi connectivity index (χ3n) is 4.43. The number of amides is 1. The zero-order valence-electron chi connectivity index (χ0n) is 16.6. The van der Waals surface area contributed by atoms with Crippen LogP contribution < -0.4 is 9.64 Å². The van der Waals surface area contributed by atoms with E-state index in [9.17, 15) is 9.18 Å². The minimum Gasteiger partial charge on any atom is -0.484 e. The van der Waals surface area contributed by atoms with E-state index in [-0.39, 0.29) is 18.3 Å². The Morgan fingerprint density at radius 3 is 2.59 bits per heavy atom. The molecule has 0 saturated heterocycles. The number of aryl methyl sites for hydroxylation is 1. The Labute approximate surface area is 178 Å². The zero-order valence-corrected chi connectivity index (χ0v) is 18.2. The number of halogens is 2. The molecule has 0 spiro atoms. The first-order valence-electron chi connectivity index (χ1n) is 9.24. The number of nitrogens with zero attached hydrogens (tertiary/aromatic N) is 3. The van der Waals surface area contributed by atoms with Crippen LogP contribution in [0, 0.1) is 12.7 Å². The molecule has 0 saturated carbocycles. The summed E-state index contributed by atoms with van der Waals surface area (Å²) >= 11 is 7.67. The minimum absolute atomic E-state index is 0.150. The van der Waals surface area contributed by atoms with Crippen LogP contribution in [0.2, 0.25) is 5.02 Å². The van der Waals surface area contributed by atoms with E-state index in [2.05, 4.69) is 9.88 Å². The van der Waals surface area contributed by atoms with Crippen LogP contribution in [0.5, 0.6) is 5.75 Å². The lowest BCUT2D eigenvalue weighted by atomic mass is 10.2. The van der Waals surface area contributed by atoms with Crippen LogP contribution in [0.4, 0.5) is 9.52 Å². The number of anilines is 1. The second kappa shape index (κ2) is 9.52. The standard InChI is InChI=1S/C21H23ClFN3O2S/c1-14-17(22)9-10-18-20(14)24-21(29-18)26(12-4-11-25(2)3)19(27)13-28-16-7-5-15(23)6-8-16/h5-10H,4,11-13H2,1-3H3. The van der Waals surface area contributed by atoms with Crippen LogP contribution in [0.15, 0.2) is 36.4 Å². The lowest BCUT2D eigenvalue weighted by Crippen LogP contribution is -2.36. The number of thiazole rings is 1. The molecule has 1 aromatic heterocycles. The molecule has 154 valence electrons. The van der Waals surface area contributed by atoms with E-state index < -0.39 is 0 Å². The number of ether oxygens (including phenoxy) is 1. The van der Waals surface area contributed by atoms with Gasteiger partial charge in [0.1, 0.15) is 11.6 Å². The smallest absolute Gasteiger partial charge is 0.266 e. The van der Waals surface area contributed by atoms with Crippen molar-refractivity contribution in [2.24, 2.45) is 0 Å². The maximum absolute atomic E-state index is 13.1. The highest BCUT2D eigenvalue weighted by Crippen LogP contribution is 2.33. The van der Waals surface area contributed by atoms with Gasteiger partial charge in [0.15, 0.2) is 11.7 Å². The van der Waals surface area contributed by atoms with Crippen LogP contribution in [-0.2, 0) is 4.79 Å².